The molecule has 0 unspecified atom stereocenters. The van der Waals surface area contributed by atoms with E-state index < -0.39 is 0 Å². The maximum atomic E-state index is 11.0. The average Bonchev–Trinajstić information content (AvgIpc) is 2.18. The van der Waals surface area contributed by atoms with Gasteiger partial charge < -0.3 is 4.42 Å². The Balaban J connectivity index is 2.55. The predicted octanol–water partition coefficient (Wildman–Crippen LogP) is 2.62. The van der Waals surface area contributed by atoms with Gasteiger partial charge in [0.2, 0.25) is 0 Å². The van der Waals surface area contributed by atoms with Crippen LogP contribution in [0, 0.1) is 6.92 Å². The first-order valence-electron chi connectivity index (χ1n) is 4.41. The molecule has 1 heterocycles. The van der Waals surface area contributed by atoms with Crippen LogP contribution >= 0.6 is 0 Å². The van der Waals surface area contributed by atoms with Gasteiger partial charge in [-0.3, -0.25) is 0 Å². The molecule has 1 aromatic carbocycles. The molecule has 0 saturated heterocycles. The van der Waals surface area contributed by atoms with Gasteiger partial charge in [-0.2, -0.15) is 0 Å². The minimum atomic E-state index is -0.316. The van der Waals surface area contributed by atoms with Crippen LogP contribution in [-0.4, -0.2) is 0 Å². The van der Waals surface area contributed by atoms with Gasteiger partial charge in [0.1, 0.15) is 0 Å². The third-order valence-electron chi connectivity index (χ3n) is 2.06. The molecule has 2 heteroatoms. The van der Waals surface area contributed by atoms with E-state index in [0.717, 1.165) is 11.1 Å². The van der Waals surface area contributed by atoms with E-state index >= 15 is 0 Å². The zero-order chi connectivity index (χ0) is 9.97. The van der Waals surface area contributed by atoms with Crippen LogP contribution in [0.15, 0.2) is 51.9 Å². The summed E-state index contributed by atoms with van der Waals surface area (Å²) in [6.07, 6.45) is 1.42. The van der Waals surface area contributed by atoms with Crippen molar-refractivity contribution in [1.82, 2.24) is 0 Å². The molecule has 14 heavy (non-hydrogen) atoms. The minimum absolute atomic E-state index is 0.316. The van der Waals surface area contributed by atoms with Crippen LogP contribution in [-0.2, 0) is 0 Å². The summed E-state index contributed by atoms with van der Waals surface area (Å²) in [6, 6.07) is 11.3. The van der Waals surface area contributed by atoms with Gasteiger partial charge in [0.25, 0.3) is 0 Å². The summed E-state index contributed by atoms with van der Waals surface area (Å²) in [5, 5.41) is 0. The van der Waals surface area contributed by atoms with Gasteiger partial charge in [-0.15, -0.1) is 0 Å². The van der Waals surface area contributed by atoms with Gasteiger partial charge in [-0.05, 0) is 24.1 Å². The van der Waals surface area contributed by atoms with Crippen molar-refractivity contribution in [3.05, 3.63) is 58.6 Å². The number of rotatable bonds is 1. The number of hydrogen-bond acceptors (Lipinski definition) is 2. The fourth-order valence-electron chi connectivity index (χ4n) is 1.39. The average molecular weight is 186 g/mol. The molecule has 0 fully saturated rings. The molecule has 0 aliphatic carbocycles. The largest absolute Gasteiger partial charge is 0.431 e. The van der Waals surface area contributed by atoms with E-state index in [1.807, 2.05) is 31.2 Å². The fraction of sp³-hybridized carbons (Fsp3) is 0.0833. The molecule has 0 radical (unpaired) electrons. The van der Waals surface area contributed by atoms with E-state index in [0.29, 0.717) is 0 Å². The van der Waals surface area contributed by atoms with E-state index in [1.165, 1.54) is 17.9 Å². The molecule has 70 valence electrons. The highest BCUT2D eigenvalue weighted by molar-refractivity contribution is 5.63. The van der Waals surface area contributed by atoms with E-state index in [2.05, 4.69) is 4.42 Å². The monoisotopic (exact) mass is 186 g/mol. The smallest absolute Gasteiger partial charge is 0.336 e. The summed E-state index contributed by atoms with van der Waals surface area (Å²) < 4.78 is 4.66. The Morgan fingerprint density at radius 3 is 2.57 bits per heavy atom. The van der Waals surface area contributed by atoms with Crippen molar-refractivity contribution in [2.75, 3.05) is 0 Å². The normalized spacial score (nSPS) is 10.1. The molecule has 2 aromatic rings. The van der Waals surface area contributed by atoms with Crippen LogP contribution in [0.5, 0.6) is 0 Å². The van der Waals surface area contributed by atoms with Crippen LogP contribution in [0.25, 0.3) is 11.1 Å². The Bertz CT molecular complexity index is 497. The Kier molecular flexibility index (Phi) is 2.19. The number of hydrogen-bond donors (Lipinski definition) is 0. The quantitative estimate of drug-likeness (QED) is 0.685. The molecule has 0 saturated carbocycles. The van der Waals surface area contributed by atoms with Gasteiger partial charge in [0.15, 0.2) is 0 Å². The third-order valence-corrected chi connectivity index (χ3v) is 2.06. The molecule has 2 nitrogen and oxygen atoms in total. The van der Waals surface area contributed by atoms with Gasteiger partial charge in [-0.1, -0.05) is 29.8 Å². The van der Waals surface area contributed by atoms with E-state index in [4.69, 9.17) is 0 Å². The summed E-state index contributed by atoms with van der Waals surface area (Å²) >= 11 is 0. The summed E-state index contributed by atoms with van der Waals surface area (Å²) in [7, 11) is 0. The molecule has 1 aromatic heterocycles. The molecule has 0 spiro atoms. The molecular formula is C12H10O2. The lowest BCUT2D eigenvalue weighted by Crippen LogP contribution is -1.95. The molecule has 0 bridgehead atoms. The second-order valence-corrected chi connectivity index (χ2v) is 3.21. The minimum Gasteiger partial charge on any atom is -0.431 e. The maximum Gasteiger partial charge on any atom is 0.336 e. The maximum absolute atomic E-state index is 11.0. The topological polar surface area (TPSA) is 30.2 Å². The summed E-state index contributed by atoms with van der Waals surface area (Å²) in [6.45, 7) is 2.02. The van der Waals surface area contributed by atoms with Crippen molar-refractivity contribution in [2.45, 2.75) is 6.92 Å². The van der Waals surface area contributed by atoms with E-state index in [9.17, 15) is 4.79 Å². The summed E-state index contributed by atoms with van der Waals surface area (Å²) in [5.74, 6) is 0. The highest BCUT2D eigenvalue weighted by Crippen LogP contribution is 2.17. The van der Waals surface area contributed by atoms with Crippen LogP contribution < -0.4 is 5.63 Å². The summed E-state index contributed by atoms with van der Waals surface area (Å²) in [5.41, 5.74) is 2.79. The molecule has 0 atom stereocenters. The van der Waals surface area contributed by atoms with Crippen molar-refractivity contribution >= 4 is 0 Å². The van der Waals surface area contributed by atoms with Gasteiger partial charge in [0.05, 0.1) is 6.26 Å². The highest BCUT2D eigenvalue weighted by atomic mass is 16.4. The Morgan fingerprint density at radius 2 is 1.86 bits per heavy atom. The second-order valence-electron chi connectivity index (χ2n) is 3.21. The van der Waals surface area contributed by atoms with Crippen molar-refractivity contribution < 1.29 is 4.42 Å². The van der Waals surface area contributed by atoms with E-state index in [1.54, 1.807) is 6.07 Å². The van der Waals surface area contributed by atoms with Gasteiger partial charge >= 0.3 is 5.63 Å². The number of aryl methyl sites for hydroxylation is 1. The van der Waals surface area contributed by atoms with Crippen LogP contribution in [0.1, 0.15) is 5.56 Å². The van der Waals surface area contributed by atoms with Crippen molar-refractivity contribution in [3.8, 4) is 11.1 Å². The summed E-state index contributed by atoms with van der Waals surface area (Å²) in [4.78, 5) is 11.0. The molecule has 2 rings (SSSR count). The molecule has 0 aliphatic rings. The lowest BCUT2D eigenvalue weighted by molar-refractivity contribution is 0.511. The van der Waals surface area contributed by atoms with Crippen LogP contribution in [0.2, 0.25) is 0 Å². The second kappa shape index (κ2) is 3.50. The van der Waals surface area contributed by atoms with Crippen LogP contribution in [0.4, 0.5) is 0 Å². The van der Waals surface area contributed by atoms with Crippen molar-refractivity contribution in [1.29, 1.82) is 0 Å². The SMILES string of the molecule is Cc1cccc(-c2ccoc(=O)c2)c1. The predicted molar refractivity (Wildman–Crippen MR) is 55.2 cm³/mol. The Labute approximate surface area is 81.8 Å². The highest BCUT2D eigenvalue weighted by Gasteiger charge is 1.98. The molecule has 0 aliphatic heterocycles. The zero-order valence-corrected chi connectivity index (χ0v) is 7.86. The zero-order valence-electron chi connectivity index (χ0n) is 7.86. The molecule has 0 N–H and O–H groups in total. The van der Waals surface area contributed by atoms with Gasteiger partial charge in [-0.25, -0.2) is 4.79 Å². The standard InChI is InChI=1S/C12H10O2/c1-9-3-2-4-10(7-9)11-5-6-14-12(13)8-11/h2-8H,1H3. The lowest BCUT2D eigenvalue weighted by Gasteiger charge is -2.00. The Hall–Kier alpha value is -1.83. The van der Waals surface area contributed by atoms with Gasteiger partial charge in [0, 0.05) is 6.07 Å². The Morgan fingerprint density at radius 1 is 1.07 bits per heavy atom. The van der Waals surface area contributed by atoms with Crippen molar-refractivity contribution in [2.24, 2.45) is 0 Å². The first kappa shape index (κ1) is 8.75. The third kappa shape index (κ3) is 1.74. The molecular weight excluding hydrogens is 176 g/mol. The fourth-order valence-corrected chi connectivity index (χ4v) is 1.39. The van der Waals surface area contributed by atoms with Crippen molar-refractivity contribution in [3.63, 3.8) is 0 Å². The van der Waals surface area contributed by atoms with E-state index in [-0.39, 0.29) is 5.63 Å². The molecule has 0 amide bonds. The van der Waals surface area contributed by atoms with Crippen LogP contribution in [0.3, 0.4) is 0 Å². The first-order valence-corrected chi connectivity index (χ1v) is 4.41. The first-order chi connectivity index (χ1) is 6.75. The lowest BCUT2D eigenvalue weighted by atomic mass is 10.1. The number of benzene rings is 1.